The molecule has 0 saturated carbocycles. The van der Waals surface area contributed by atoms with Crippen LogP contribution >= 0.6 is 0 Å². The van der Waals surface area contributed by atoms with Gasteiger partial charge in [-0.15, -0.1) is 0 Å². The molecule has 43 heavy (non-hydrogen) atoms. The molecule has 2 amide bonds. The molecular formula is C35H38N2O5S. The van der Waals surface area contributed by atoms with Crippen molar-refractivity contribution in [1.29, 1.82) is 0 Å². The van der Waals surface area contributed by atoms with Crippen molar-refractivity contribution in [2.45, 2.75) is 64.0 Å². The predicted molar refractivity (Wildman–Crippen MR) is 174 cm³/mol. The molecule has 1 atom stereocenters. The Bertz CT molecular complexity index is 1740. The van der Waals surface area contributed by atoms with Gasteiger partial charge in [-0.25, -0.2) is 13.2 Å². The van der Waals surface area contributed by atoms with E-state index in [1.54, 1.807) is 94.4 Å². The quantitative estimate of drug-likeness (QED) is 0.210. The molecule has 0 heterocycles. The number of ether oxygens (including phenoxy) is 1. The number of anilines is 2. The van der Waals surface area contributed by atoms with Crippen molar-refractivity contribution in [3.8, 4) is 0 Å². The third-order valence-electron chi connectivity index (χ3n) is 6.74. The normalized spacial score (nSPS) is 12.9. The van der Waals surface area contributed by atoms with Crippen LogP contribution in [0.2, 0.25) is 0 Å². The van der Waals surface area contributed by atoms with Crippen LogP contribution in [0.15, 0.2) is 108 Å². The van der Waals surface area contributed by atoms with E-state index in [-0.39, 0.29) is 9.80 Å². The predicted octanol–water partition coefficient (Wildman–Crippen LogP) is 8.22. The average Bonchev–Trinajstić information content (AvgIpc) is 2.97. The van der Waals surface area contributed by atoms with E-state index in [1.165, 1.54) is 4.90 Å². The highest BCUT2D eigenvalue weighted by atomic mass is 32.2. The molecule has 0 aliphatic heterocycles. The molecule has 1 N–H and O–H groups in total. The molecule has 0 aliphatic carbocycles. The first-order chi connectivity index (χ1) is 20.4. The number of fused-ring (bicyclic) bond motifs is 1. The van der Waals surface area contributed by atoms with Crippen LogP contribution in [0.3, 0.4) is 0 Å². The molecule has 0 saturated heterocycles. The minimum atomic E-state index is -3.81. The molecule has 0 unspecified atom stereocenters. The third-order valence-corrected chi connectivity index (χ3v) is 8.62. The van der Waals surface area contributed by atoms with Gasteiger partial charge in [-0.3, -0.25) is 9.69 Å². The van der Waals surface area contributed by atoms with Crippen molar-refractivity contribution in [3.63, 3.8) is 0 Å². The molecule has 4 rings (SSSR count). The van der Waals surface area contributed by atoms with E-state index in [0.717, 1.165) is 17.2 Å². The Morgan fingerprint density at radius 1 is 0.884 bits per heavy atom. The minimum Gasteiger partial charge on any atom is -0.443 e. The molecule has 224 valence electrons. The van der Waals surface area contributed by atoms with Gasteiger partial charge in [-0.05, 0) is 86.8 Å². The number of nitrogens with one attached hydrogen (secondary N) is 1. The van der Waals surface area contributed by atoms with Gasteiger partial charge < -0.3 is 10.1 Å². The number of rotatable bonds is 9. The lowest BCUT2D eigenvalue weighted by Gasteiger charge is -2.31. The fourth-order valence-corrected chi connectivity index (χ4v) is 6.17. The molecule has 0 fully saturated rings. The van der Waals surface area contributed by atoms with E-state index in [9.17, 15) is 18.0 Å². The fourth-order valence-electron chi connectivity index (χ4n) is 4.62. The van der Waals surface area contributed by atoms with Crippen LogP contribution in [-0.4, -0.2) is 32.1 Å². The van der Waals surface area contributed by atoms with E-state index in [2.05, 4.69) is 5.32 Å². The van der Waals surface area contributed by atoms with E-state index >= 15 is 0 Å². The van der Waals surface area contributed by atoms with Crippen molar-refractivity contribution < 1.29 is 22.7 Å². The summed E-state index contributed by atoms with van der Waals surface area (Å²) in [4.78, 5) is 28.8. The van der Waals surface area contributed by atoms with Gasteiger partial charge in [0.25, 0.3) is 0 Å². The lowest BCUT2D eigenvalue weighted by Crippen LogP contribution is -2.48. The van der Waals surface area contributed by atoms with Crippen LogP contribution < -0.4 is 10.2 Å². The summed E-state index contributed by atoms with van der Waals surface area (Å²) in [7, 11) is -3.81. The number of benzene rings is 4. The molecule has 8 heteroatoms. The van der Waals surface area contributed by atoms with Gasteiger partial charge in [0.2, 0.25) is 15.7 Å². The summed E-state index contributed by atoms with van der Waals surface area (Å²) < 4.78 is 32.9. The number of allylic oxidation sites excluding steroid dienone is 1. The van der Waals surface area contributed by atoms with Gasteiger partial charge in [-0.1, -0.05) is 80.1 Å². The van der Waals surface area contributed by atoms with Crippen molar-refractivity contribution in [2.75, 3.05) is 10.2 Å². The number of carbonyl (C=O) groups excluding carboxylic acids is 2. The largest absolute Gasteiger partial charge is 0.443 e. The van der Waals surface area contributed by atoms with Crippen molar-refractivity contribution in [2.24, 2.45) is 0 Å². The zero-order chi connectivity index (χ0) is 31.2. The second-order valence-electron chi connectivity index (χ2n) is 11.3. The highest BCUT2D eigenvalue weighted by molar-refractivity contribution is 8.00. The summed E-state index contributed by atoms with van der Waals surface area (Å²) in [6.07, 6.45) is 2.41. The smallest absolute Gasteiger partial charge is 0.415 e. The van der Waals surface area contributed by atoms with E-state index in [4.69, 9.17) is 4.74 Å². The molecule has 0 aliphatic rings. The van der Waals surface area contributed by atoms with Crippen molar-refractivity contribution >= 4 is 48.9 Å². The van der Waals surface area contributed by atoms with E-state index in [0.29, 0.717) is 23.4 Å². The summed E-state index contributed by atoms with van der Waals surface area (Å²) in [6.45, 7) is 8.92. The maximum absolute atomic E-state index is 13.6. The van der Waals surface area contributed by atoms with Gasteiger partial charge >= 0.3 is 6.09 Å². The number of unbranched alkanes of at least 4 members (excludes halogenated alkanes) is 1. The summed E-state index contributed by atoms with van der Waals surface area (Å²) in [5, 5.41) is 4.80. The minimum absolute atomic E-state index is 0.177. The Hall–Kier alpha value is -4.43. The molecule has 4 aromatic carbocycles. The Balaban J connectivity index is 1.66. The zero-order valence-corrected chi connectivity index (χ0v) is 26.0. The molecule has 0 bridgehead atoms. The van der Waals surface area contributed by atoms with E-state index in [1.807, 2.05) is 43.3 Å². The number of hydrogen-bond donors (Lipinski definition) is 1. The van der Waals surface area contributed by atoms with Crippen molar-refractivity contribution in [3.05, 3.63) is 109 Å². The first-order valence-electron chi connectivity index (χ1n) is 14.3. The van der Waals surface area contributed by atoms with Crippen LogP contribution in [0.4, 0.5) is 16.2 Å². The Morgan fingerprint density at radius 3 is 2.23 bits per heavy atom. The number of sulfone groups is 1. The molecule has 0 aromatic heterocycles. The second-order valence-corrected chi connectivity index (χ2v) is 13.2. The molecule has 0 radical (unpaired) electrons. The molecule has 4 aromatic rings. The van der Waals surface area contributed by atoms with Crippen LogP contribution in [0, 0.1) is 0 Å². The van der Waals surface area contributed by atoms with Crippen molar-refractivity contribution in [1.82, 2.24) is 0 Å². The Morgan fingerprint density at radius 2 is 1.56 bits per heavy atom. The number of hydrogen-bond acceptors (Lipinski definition) is 5. The maximum Gasteiger partial charge on any atom is 0.415 e. The number of amides is 2. The maximum atomic E-state index is 13.6. The highest BCUT2D eigenvalue weighted by Crippen LogP contribution is 2.31. The standard InChI is InChI=1S/C35H38N2O5S/c1-6-7-20-32(43(40,41)31-18-9-8-10-19-31)28-16-13-17-29(23-28)36-33(38)25(2)37(34(39)42-35(3,4)5)30-22-21-26-14-11-12-15-27(26)24-30/h8-25H,6-7H2,1-5H3,(H,36,38)/t25-/m0/s1. The zero-order valence-electron chi connectivity index (χ0n) is 25.2. The van der Waals surface area contributed by atoms with Gasteiger partial charge in [0.15, 0.2) is 0 Å². The summed E-state index contributed by atoms with van der Waals surface area (Å²) >= 11 is 0. The first kappa shape index (κ1) is 31.5. The van der Waals surface area contributed by atoms with Gasteiger partial charge in [0.05, 0.1) is 9.80 Å². The number of nitrogens with zero attached hydrogens (tertiary/aromatic N) is 1. The molecule has 7 nitrogen and oxygen atoms in total. The Kier molecular flexibility index (Phi) is 9.71. The average molecular weight is 599 g/mol. The monoisotopic (exact) mass is 598 g/mol. The fraction of sp³-hybridized carbons (Fsp3) is 0.257. The summed E-state index contributed by atoms with van der Waals surface area (Å²) in [6, 6.07) is 27.4. The van der Waals surface area contributed by atoms with Gasteiger partial charge in [0, 0.05) is 11.4 Å². The number of carbonyl (C=O) groups is 2. The third kappa shape index (κ3) is 7.70. The van der Waals surface area contributed by atoms with Gasteiger partial charge in [-0.2, -0.15) is 0 Å². The van der Waals surface area contributed by atoms with Crippen LogP contribution in [0.1, 0.15) is 53.0 Å². The lowest BCUT2D eigenvalue weighted by molar-refractivity contribution is -0.117. The molecular weight excluding hydrogens is 560 g/mol. The topological polar surface area (TPSA) is 92.8 Å². The Labute approximate surface area is 254 Å². The second kappa shape index (κ2) is 13.3. The molecule has 0 spiro atoms. The van der Waals surface area contributed by atoms with Crippen LogP contribution in [0.5, 0.6) is 0 Å². The van der Waals surface area contributed by atoms with Crippen LogP contribution in [-0.2, 0) is 19.4 Å². The van der Waals surface area contributed by atoms with E-state index < -0.39 is 33.5 Å². The van der Waals surface area contributed by atoms with Gasteiger partial charge in [0.1, 0.15) is 11.6 Å². The summed E-state index contributed by atoms with van der Waals surface area (Å²) in [5.41, 5.74) is 0.606. The summed E-state index contributed by atoms with van der Waals surface area (Å²) in [5.74, 6) is -0.457. The van der Waals surface area contributed by atoms with Crippen LogP contribution in [0.25, 0.3) is 15.7 Å². The highest BCUT2D eigenvalue weighted by Gasteiger charge is 2.32. The first-order valence-corrected chi connectivity index (χ1v) is 15.8. The lowest BCUT2D eigenvalue weighted by atomic mass is 10.1. The SMILES string of the molecule is CCCC=C(c1cccc(NC(=O)[C@H](C)N(C(=O)OC(C)(C)C)c2ccc3ccccc3c2)c1)S(=O)(=O)c1ccccc1.